The fourth-order valence-corrected chi connectivity index (χ4v) is 1.64. The Bertz CT molecular complexity index is 605. The number of hydrogen-bond donors (Lipinski definition) is 0. The molecule has 0 saturated carbocycles. The second-order valence-electron chi connectivity index (χ2n) is 3.61. The Kier molecular flexibility index (Phi) is 3.22. The van der Waals surface area contributed by atoms with Crippen LogP contribution in [0.4, 0.5) is 5.69 Å². The van der Waals surface area contributed by atoms with E-state index < -0.39 is 4.92 Å². The second kappa shape index (κ2) is 4.82. The molecule has 18 heavy (non-hydrogen) atoms. The topological polar surface area (TPSA) is 87.3 Å². The highest BCUT2D eigenvalue weighted by molar-refractivity contribution is 5.80. The van der Waals surface area contributed by atoms with E-state index >= 15 is 0 Å². The first-order valence-electron chi connectivity index (χ1n) is 5.36. The van der Waals surface area contributed by atoms with Crippen molar-refractivity contribution in [2.24, 2.45) is 0 Å². The lowest BCUT2D eigenvalue weighted by molar-refractivity contribution is -0.384. The predicted octanol–water partition coefficient (Wildman–Crippen LogP) is 1.51. The van der Waals surface area contributed by atoms with Crippen molar-refractivity contribution >= 4 is 22.7 Å². The van der Waals surface area contributed by atoms with Crippen LogP contribution in [0.1, 0.15) is 6.92 Å². The molecule has 0 atom stereocenters. The molecule has 0 aliphatic rings. The van der Waals surface area contributed by atoms with Crippen LogP contribution < -0.4 is 0 Å². The molecule has 1 heterocycles. The molecule has 7 heteroatoms. The van der Waals surface area contributed by atoms with Crippen molar-refractivity contribution in [1.82, 2.24) is 9.55 Å². The zero-order chi connectivity index (χ0) is 13.1. The average Bonchev–Trinajstić information content (AvgIpc) is 2.72. The zero-order valence-corrected chi connectivity index (χ0v) is 9.70. The van der Waals surface area contributed by atoms with Gasteiger partial charge in [-0.3, -0.25) is 14.9 Å². The molecule has 7 nitrogen and oxygen atoms in total. The average molecular weight is 249 g/mol. The Morgan fingerprint density at radius 2 is 2.33 bits per heavy atom. The number of rotatable bonds is 4. The summed E-state index contributed by atoms with van der Waals surface area (Å²) in [7, 11) is 0. The number of fused-ring (bicyclic) bond motifs is 1. The maximum absolute atomic E-state index is 11.4. The fourth-order valence-electron chi connectivity index (χ4n) is 1.64. The van der Waals surface area contributed by atoms with Gasteiger partial charge in [0.1, 0.15) is 6.54 Å². The van der Waals surface area contributed by atoms with E-state index in [4.69, 9.17) is 4.74 Å². The third kappa shape index (κ3) is 2.29. The van der Waals surface area contributed by atoms with Crippen LogP contribution in [-0.4, -0.2) is 27.1 Å². The molecule has 0 aliphatic carbocycles. The number of ether oxygens (including phenoxy) is 1. The van der Waals surface area contributed by atoms with Gasteiger partial charge in [0.25, 0.3) is 5.69 Å². The molecule has 0 spiro atoms. The minimum absolute atomic E-state index is 0.0242. The van der Waals surface area contributed by atoms with Crippen LogP contribution in [0.5, 0.6) is 0 Å². The summed E-state index contributed by atoms with van der Waals surface area (Å²) in [5.74, 6) is -0.366. The third-order valence-electron chi connectivity index (χ3n) is 2.42. The predicted molar refractivity (Wildman–Crippen MR) is 63.0 cm³/mol. The van der Waals surface area contributed by atoms with Crippen molar-refractivity contribution in [3.05, 3.63) is 34.6 Å². The van der Waals surface area contributed by atoms with Crippen LogP contribution in [0.3, 0.4) is 0 Å². The molecule has 2 aromatic rings. The lowest BCUT2D eigenvalue weighted by Gasteiger charge is -2.03. The maximum atomic E-state index is 11.4. The second-order valence-corrected chi connectivity index (χ2v) is 3.61. The molecular weight excluding hydrogens is 238 g/mol. The van der Waals surface area contributed by atoms with E-state index in [1.54, 1.807) is 17.6 Å². The van der Waals surface area contributed by atoms with E-state index in [9.17, 15) is 14.9 Å². The number of hydrogen-bond acceptors (Lipinski definition) is 5. The van der Waals surface area contributed by atoms with Crippen LogP contribution >= 0.6 is 0 Å². The van der Waals surface area contributed by atoms with Crippen LogP contribution in [0, 0.1) is 10.1 Å². The van der Waals surface area contributed by atoms with E-state index in [2.05, 4.69) is 4.98 Å². The number of esters is 1. The Hall–Kier alpha value is -2.44. The van der Waals surface area contributed by atoms with Gasteiger partial charge in [-0.05, 0) is 13.0 Å². The van der Waals surface area contributed by atoms with Gasteiger partial charge in [0.2, 0.25) is 0 Å². The number of non-ortho nitro benzene ring substituents is 1. The number of aromatic nitrogens is 2. The molecule has 94 valence electrons. The Morgan fingerprint density at radius 1 is 1.56 bits per heavy atom. The summed E-state index contributed by atoms with van der Waals surface area (Å²) < 4.78 is 6.42. The van der Waals surface area contributed by atoms with Crippen molar-refractivity contribution in [1.29, 1.82) is 0 Å². The van der Waals surface area contributed by atoms with E-state index in [-0.39, 0.29) is 18.2 Å². The SMILES string of the molecule is CCOC(=O)Cn1cnc2cc([N+](=O)[O-])ccc21. The molecule has 1 aromatic heterocycles. The summed E-state index contributed by atoms with van der Waals surface area (Å²) in [6.07, 6.45) is 1.46. The van der Waals surface area contributed by atoms with Crippen molar-refractivity contribution in [3.63, 3.8) is 0 Å². The summed E-state index contributed by atoms with van der Waals surface area (Å²) in [6, 6.07) is 4.32. The molecular formula is C11H11N3O4. The molecule has 2 rings (SSSR count). The number of nitro groups is 1. The Balaban J connectivity index is 2.31. The summed E-state index contributed by atoms with van der Waals surface area (Å²) in [5, 5.41) is 10.6. The van der Waals surface area contributed by atoms with Gasteiger partial charge in [-0.2, -0.15) is 0 Å². The van der Waals surface area contributed by atoms with Crippen molar-refractivity contribution in [2.45, 2.75) is 13.5 Å². The van der Waals surface area contributed by atoms with E-state index in [1.165, 1.54) is 18.5 Å². The Labute approximate surface area is 102 Å². The number of imidazole rings is 1. The van der Waals surface area contributed by atoms with Gasteiger partial charge in [-0.25, -0.2) is 4.98 Å². The van der Waals surface area contributed by atoms with E-state index in [1.807, 2.05) is 0 Å². The summed E-state index contributed by atoms with van der Waals surface area (Å²) in [5.41, 5.74) is 1.12. The van der Waals surface area contributed by atoms with E-state index in [0.29, 0.717) is 17.6 Å². The molecule has 0 fully saturated rings. The summed E-state index contributed by atoms with van der Waals surface area (Å²) in [4.78, 5) is 25.5. The number of nitro benzene ring substituents is 1. The highest BCUT2D eigenvalue weighted by Gasteiger charge is 2.11. The number of benzene rings is 1. The first-order valence-corrected chi connectivity index (χ1v) is 5.36. The lowest BCUT2D eigenvalue weighted by atomic mass is 10.3. The molecule has 0 amide bonds. The molecule has 0 radical (unpaired) electrons. The number of carbonyl (C=O) groups is 1. The van der Waals surface area contributed by atoms with Crippen LogP contribution in [0.2, 0.25) is 0 Å². The van der Waals surface area contributed by atoms with Crippen LogP contribution in [0.15, 0.2) is 24.5 Å². The number of carbonyl (C=O) groups excluding carboxylic acids is 1. The highest BCUT2D eigenvalue weighted by Crippen LogP contribution is 2.19. The van der Waals surface area contributed by atoms with Crippen molar-refractivity contribution in [3.8, 4) is 0 Å². The normalized spacial score (nSPS) is 10.5. The number of nitrogens with zero attached hydrogens (tertiary/aromatic N) is 3. The first kappa shape index (κ1) is 12.0. The standard InChI is InChI=1S/C11H11N3O4/c1-2-18-11(15)6-13-7-12-9-5-8(14(16)17)3-4-10(9)13/h3-5,7H,2,6H2,1H3. The van der Waals surface area contributed by atoms with Gasteiger partial charge in [0.15, 0.2) is 0 Å². The van der Waals surface area contributed by atoms with Gasteiger partial charge in [-0.15, -0.1) is 0 Å². The minimum Gasteiger partial charge on any atom is -0.465 e. The highest BCUT2D eigenvalue weighted by atomic mass is 16.6. The first-order chi connectivity index (χ1) is 8.61. The Morgan fingerprint density at radius 3 is 3.00 bits per heavy atom. The maximum Gasteiger partial charge on any atom is 0.325 e. The zero-order valence-electron chi connectivity index (χ0n) is 9.70. The largest absolute Gasteiger partial charge is 0.465 e. The van der Waals surface area contributed by atoms with Crippen LogP contribution in [0.25, 0.3) is 11.0 Å². The smallest absolute Gasteiger partial charge is 0.325 e. The molecule has 0 bridgehead atoms. The van der Waals surface area contributed by atoms with E-state index in [0.717, 1.165) is 0 Å². The van der Waals surface area contributed by atoms with Crippen molar-refractivity contribution < 1.29 is 14.5 Å². The van der Waals surface area contributed by atoms with Gasteiger partial charge in [0.05, 0.1) is 28.9 Å². The fraction of sp³-hybridized carbons (Fsp3) is 0.273. The third-order valence-corrected chi connectivity index (χ3v) is 2.42. The van der Waals surface area contributed by atoms with Gasteiger partial charge < -0.3 is 9.30 Å². The van der Waals surface area contributed by atoms with Gasteiger partial charge >= 0.3 is 5.97 Å². The van der Waals surface area contributed by atoms with Crippen LogP contribution in [-0.2, 0) is 16.1 Å². The molecule has 0 unspecified atom stereocenters. The van der Waals surface area contributed by atoms with Gasteiger partial charge in [0, 0.05) is 12.1 Å². The van der Waals surface area contributed by atoms with Gasteiger partial charge in [-0.1, -0.05) is 0 Å². The minimum atomic E-state index is -0.482. The molecule has 1 aromatic carbocycles. The monoisotopic (exact) mass is 249 g/mol. The lowest BCUT2D eigenvalue weighted by Crippen LogP contribution is -2.12. The molecule has 0 N–H and O–H groups in total. The molecule has 0 aliphatic heterocycles. The summed E-state index contributed by atoms with van der Waals surface area (Å²) in [6.45, 7) is 2.09. The molecule has 0 saturated heterocycles. The van der Waals surface area contributed by atoms with Crippen molar-refractivity contribution in [2.75, 3.05) is 6.61 Å². The summed E-state index contributed by atoms with van der Waals surface area (Å²) >= 11 is 0. The quantitative estimate of drug-likeness (QED) is 0.465.